The van der Waals surface area contributed by atoms with E-state index in [0.717, 1.165) is 60.7 Å². The molecule has 21 aromatic carbocycles. The van der Waals surface area contributed by atoms with Crippen LogP contribution in [0.25, 0.3) is 255 Å². The Bertz CT molecular complexity index is 9170. The second kappa shape index (κ2) is 27.8. The van der Waals surface area contributed by atoms with Crippen LogP contribution in [0.15, 0.2) is 419 Å². The number of rotatable bonds is 6. The molecular weight excluding hydrogens is 1560 g/mol. The van der Waals surface area contributed by atoms with E-state index in [9.17, 15) is 0 Å². The van der Waals surface area contributed by atoms with Gasteiger partial charge in [0.1, 0.15) is 33.5 Å². The number of hydrogen-bond donors (Lipinski definition) is 0. The van der Waals surface area contributed by atoms with Crippen LogP contribution in [0.3, 0.4) is 0 Å². The molecule has 0 atom stereocenters. The third-order valence-corrected chi connectivity index (χ3v) is 28.8. The summed E-state index contributed by atoms with van der Waals surface area (Å²) in [6, 6.07) is 146. The minimum absolute atomic E-state index is 0.0516. The van der Waals surface area contributed by atoms with Crippen LogP contribution in [-0.4, -0.2) is 4.57 Å². The van der Waals surface area contributed by atoms with Crippen LogP contribution in [0.4, 0.5) is 0 Å². The summed E-state index contributed by atoms with van der Waals surface area (Å²) in [5, 5.41) is 30.9. The Kier molecular flexibility index (Phi) is 15.9. The minimum Gasteiger partial charge on any atom is -0.456 e. The zero-order valence-electron chi connectivity index (χ0n) is 68.2. The van der Waals surface area contributed by atoms with Crippen molar-refractivity contribution in [1.29, 1.82) is 0 Å². The van der Waals surface area contributed by atoms with Crippen molar-refractivity contribution in [1.82, 2.24) is 4.57 Å². The summed E-state index contributed by atoms with van der Waals surface area (Å²) < 4.78 is 25.1. The van der Waals surface area contributed by atoms with Gasteiger partial charge in [-0.1, -0.05) is 269 Å². The lowest BCUT2D eigenvalue weighted by molar-refractivity contribution is 0.661. The molecule has 0 bridgehead atoms. The Morgan fingerprint density at radius 3 is 1.42 bits per heavy atom. The second-order valence-electron chi connectivity index (χ2n) is 34.0. The van der Waals surface area contributed by atoms with E-state index in [1.165, 1.54) is 205 Å². The molecule has 125 heavy (non-hydrogen) atoms. The van der Waals surface area contributed by atoms with Crippen molar-refractivity contribution >= 4 is 205 Å². The average Bonchev–Trinajstić information content (AvgIpc) is 1.58. The van der Waals surface area contributed by atoms with Crippen LogP contribution in [0.5, 0.6) is 0 Å². The molecule has 0 unspecified atom stereocenters. The van der Waals surface area contributed by atoms with E-state index in [-0.39, 0.29) is 5.41 Å². The number of para-hydroxylation sites is 4. The van der Waals surface area contributed by atoms with Gasteiger partial charge in [0.2, 0.25) is 0 Å². The summed E-state index contributed by atoms with van der Waals surface area (Å²) in [5.41, 5.74) is 26.9. The normalized spacial score (nSPS) is 12.6. The molecule has 0 saturated carbocycles. The number of thiophene rings is 2. The SMILES string of the molecule is CC1(C)c2ccccc2-c2cc3c(-c4csc5ccccc45)cc4cc5oc6ccccc6c5cc4c3cc21.c1ccc(-c2cc(-c3ccccc3)cc(-n3c4ccccc4c4cc(-c5cc6cc7sc8ccccc8c7cc6c6ccccc56)ccc43)c2)cc1.c1ccc2c(c1)cc(-c1ccc3oc4ccccc4c3c1)c1cc3oc4ccccc4c3cc12. The smallest absolute Gasteiger partial charge is 0.136 e. The highest BCUT2D eigenvalue weighted by Gasteiger charge is 2.36. The van der Waals surface area contributed by atoms with Crippen molar-refractivity contribution in [3.05, 3.63) is 417 Å². The molecule has 4 nitrogen and oxygen atoms in total. The summed E-state index contributed by atoms with van der Waals surface area (Å²) >= 11 is 3.71. The van der Waals surface area contributed by atoms with Crippen LogP contribution in [-0.2, 0) is 5.41 Å². The van der Waals surface area contributed by atoms with E-state index in [2.05, 4.69) is 394 Å². The number of fused-ring (bicyclic) bond motifs is 28. The first kappa shape index (κ1) is 71.3. The monoisotopic (exact) mass is 1630 g/mol. The molecule has 6 heteroatoms. The molecule has 0 N–H and O–H groups in total. The van der Waals surface area contributed by atoms with Crippen molar-refractivity contribution in [2.45, 2.75) is 19.3 Å². The Hall–Kier alpha value is -15.4. The number of nitrogens with zero attached hydrogens (tertiary/aromatic N) is 1. The molecule has 6 aromatic heterocycles. The lowest BCUT2D eigenvalue weighted by atomic mass is 9.81. The Morgan fingerprint density at radius 2 is 0.696 bits per heavy atom. The van der Waals surface area contributed by atoms with Gasteiger partial charge in [0.25, 0.3) is 0 Å². The van der Waals surface area contributed by atoms with Crippen molar-refractivity contribution in [3.63, 3.8) is 0 Å². The topological polar surface area (TPSA) is 44.4 Å². The predicted molar refractivity (Wildman–Crippen MR) is 534 cm³/mol. The van der Waals surface area contributed by atoms with Crippen molar-refractivity contribution in [2.75, 3.05) is 0 Å². The van der Waals surface area contributed by atoms with Gasteiger partial charge in [-0.15, -0.1) is 22.7 Å². The number of hydrogen-bond acceptors (Lipinski definition) is 5. The highest BCUT2D eigenvalue weighted by atomic mass is 32.1. The number of aromatic nitrogens is 1. The van der Waals surface area contributed by atoms with Crippen molar-refractivity contribution in [2.24, 2.45) is 0 Å². The van der Waals surface area contributed by atoms with Crippen LogP contribution < -0.4 is 0 Å². The first-order valence-electron chi connectivity index (χ1n) is 42.9. The molecule has 0 aliphatic heterocycles. The molecule has 0 radical (unpaired) electrons. The van der Waals surface area contributed by atoms with Crippen LogP contribution in [0.1, 0.15) is 25.0 Å². The highest BCUT2D eigenvalue weighted by molar-refractivity contribution is 7.26. The van der Waals surface area contributed by atoms with Gasteiger partial charge < -0.3 is 17.8 Å². The summed E-state index contributed by atoms with van der Waals surface area (Å²) in [7, 11) is 0. The van der Waals surface area contributed by atoms with Crippen LogP contribution in [0, 0.1) is 0 Å². The van der Waals surface area contributed by atoms with Gasteiger partial charge in [0.05, 0.1) is 11.0 Å². The average molecular weight is 1630 g/mol. The third-order valence-electron chi connectivity index (χ3n) is 26.7. The standard InChI is InChI=1S/C50H31NS.C37H24OS.C32H18O2/c1-3-13-32(14-4-1)35-25-36(33-15-5-2-6-16-33)27-38(26-35)51-47-21-11-9-19-41(47)45-28-34(23-24-48(45)51)43-29-37-30-50-46(42-20-10-12-22-49(42)52-50)31-44(37)40-18-8-7-17-39(40)43;1-37(2)32-12-6-3-9-22(32)29-18-27-26(31-20-39-36-14-8-5-11-24(31)36)15-21-16-35-30(17-25(21)28(27)19-33(29)37)23-10-4-7-13-34(23)38-35;1-2-8-21-19(7-1)15-24(20-13-14-31-27(16-20)22-9-3-5-11-29(22)33-31)26-18-32-28(17-25(21)26)23-10-4-6-12-30(23)34-32/h1-31H;3-20H,1-2H3;1-18H. The van der Waals surface area contributed by atoms with Gasteiger partial charge in [-0.3, -0.25) is 0 Å². The fourth-order valence-corrected chi connectivity index (χ4v) is 22.8. The molecular formula is C119H73NO3S2. The quantitative estimate of drug-likeness (QED) is 0.156. The largest absolute Gasteiger partial charge is 0.456 e. The third kappa shape index (κ3) is 11.3. The van der Waals surface area contributed by atoms with E-state index in [1.807, 2.05) is 53.0 Å². The van der Waals surface area contributed by atoms with E-state index in [1.54, 1.807) is 0 Å². The highest BCUT2D eigenvalue weighted by Crippen LogP contribution is 2.54. The molecule has 0 amide bonds. The number of benzene rings is 21. The molecule has 1 aliphatic rings. The van der Waals surface area contributed by atoms with E-state index in [0.29, 0.717) is 0 Å². The van der Waals surface area contributed by atoms with Gasteiger partial charge in [-0.2, -0.15) is 0 Å². The first-order valence-corrected chi connectivity index (χ1v) is 44.6. The van der Waals surface area contributed by atoms with Gasteiger partial charge in [0, 0.05) is 90.0 Å². The molecule has 0 saturated heterocycles. The van der Waals surface area contributed by atoms with Gasteiger partial charge >= 0.3 is 0 Å². The zero-order valence-corrected chi connectivity index (χ0v) is 69.8. The Balaban J connectivity index is 0.000000103. The van der Waals surface area contributed by atoms with Crippen LogP contribution in [0.2, 0.25) is 0 Å². The maximum absolute atomic E-state index is 6.32. The first-order chi connectivity index (χ1) is 61.7. The summed E-state index contributed by atoms with van der Waals surface area (Å²) in [6.45, 7) is 4.73. The molecule has 6 heterocycles. The molecule has 27 aromatic rings. The lowest BCUT2D eigenvalue weighted by Gasteiger charge is -2.22. The Morgan fingerprint density at radius 1 is 0.208 bits per heavy atom. The van der Waals surface area contributed by atoms with Crippen LogP contribution >= 0.6 is 22.7 Å². The molecule has 584 valence electrons. The van der Waals surface area contributed by atoms with E-state index < -0.39 is 0 Å². The van der Waals surface area contributed by atoms with E-state index in [4.69, 9.17) is 13.3 Å². The fraction of sp³-hybridized carbons (Fsp3) is 0.0252. The van der Waals surface area contributed by atoms with Gasteiger partial charge in [-0.05, 0) is 288 Å². The summed E-state index contributed by atoms with van der Waals surface area (Å²) in [6.07, 6.45) is 0. The summed E-state index contributed by atoms with van der Waals surface area (Å²) in [5.74, 6) is 0. The van der Waals surface area contributed by atoms with Gasteiger partial charge in [0.15, 0.2) is 0 Å². The lowest BCUT2D eigenvalue weighted by Crippen LogP contribution is -2.14. The van der Waals surface area contributed by atoms with Gasteiger partial charge in [-0.25, -0.2) is 0 Å². The van der Waals surface area contributed by atoms with Crippen molar-refractivity contribution < 1.29 is 13.3 Å². The maximum Gasteiger partial charge on any atom is 0.136 e. The molecule has 1 aliphatic carbocycles. The predicted octanol–water partition coefficient (Wildman–Crippen LogP) is 35.0. The molecule has 28 rings (SSSR count). The minimum atomic E-state index is -0.0516. The van der Waals surface area contributed by atoms with E-state index >= 15 is 0 Å². The Labute approximate surface area is 726 Å². The maximum atomic E-state index is 6.32. The number of furan rings is 3. The molecule has 0 spiro atoms. The van der Waals surface area contributed by atoms with Crippen molar-refractivity contribution in [3.8, 4) is 72.4 Å². The second-order valence-corrected chi connectivity index (χ2v) is 36.0. The zero-order chi connectivity index (χ0) is 82.3. The molecule has 0 fully saturated rings. The summed E-state index contributed by atoms with van der Waals surface area (Å²) in [4.78, 5) is 0. The fourth-order valence-electron chi connectivity index (χ4n) is 20.7.